The highest BCUT2D eigenvalue weighted by Gasteiger charge is 2.28. The molecule has 2 aromatic heterocycles. The Bertz CT molecular complexity index is 1210. The number of thioether (sulfide) groups is 1. The standard InChI is InChI=1S/C24H24N6OS/c1-2-29-23(18-9-5-3-6-10-18)26-27-24(29)32-16-22(31)25-21-15-20(17-13-14-17)28-30(21)19-11-7-4-8-12-19/h3-12,15,17H,2,13-14,16H2,1H3,(H,25,31). The molecule has 0 aliphatic heterocycles. The molecule has 1 amide bonds. The van der Waals surface area contributed by atoms with Crippen LogP contribution in [0.25, 0.3) is 17.1 Å². The van der Waals surface area contributed by atoms with Crippen LogP contribution in [-0.2, 0) is 11.3 Å². The first-order valence-corrected chi connectivity index (χ1v) is 11.8. The summed E-state index contributed by atoms with van der Waals surface area (Å²) >= 11 is 1.39. The van der Waals surface area contributed by atoms with E-state index in [4.69, 9.17) is 5.10 Å². The van der Waals surface area contributed by atoms with Crippen LogP contribution in [0.1, 0.15) is 31.4 Å². The van der Waals surface area contributed by atoms with E-state index in [0.29, 0.717) is 11.7 Å². The SMILES string of the molecule is CCn1c(SCC(=O)Nc2cc(C3CC3)nn2-c2ccccc2)nnc1-c1ccccc1. The second kappa shape index (κ2) is 9.00. The third kappa shape index (κ3) is 4.31. The molecule has 2 heterocycles. The molecule has 1 N–H and O–H groups in total. The fourth-order valence-corrected chi connectivity index (χ4v) is 4.43. The number of anilines is 1. The molecule has 8 heteroatoms. The van der Waals surface area contributed by atoms with Crippen molar-refractivity contribution in [3.8, 4) is 17.1 Å². The highest BCUT2D eigenvalue weighted by Crippen LogP contribution is 2.40. The monoisotopic (exact) mass is 444 g/mol. The third-order valence-corrected chi connectivity index (χ3v) is 6.36. The van der Waals surface area contributed by atoms with Gasteiger partial charge in [0.1, 0.15) is 5.82 Å². The molecule has 1 fully saturated rings. The van der Waals surface area contributed by atoms with Crippen LogP contribution in [0.3, 0.4) is 0 Å². The minimum Gasteiger partial charge on any atom is -0.310 e. The number of nitrogens with one attached hydrogen (secondary N) is 1. The maximum absolute atomic E-state index is 12.8. The van der Waals surface area contributed by atoms with E-state index < -0.39 is 0 Å². The van der Waals surface area contributed by atoms with Crippen molar-refractivity contribution in [2.45, 2.75) is 37.4 Å². The number of para-hydroxylation sites is 1. The molecular formula is C24H24N6OS. The van der Waals surface area contributed by atoms with Crippen molar-refractivity contribution in [3.05, 3.63) is 72.4 Å². The summed E-state index contributed by atoms with van der Waals surface area (Å²) in [4.78, 5) is 12.8. The van der Waals surface area contributed by atoms with Gasteiger partial charge in [0.15, 0.2) is 11.0 Å². The normalized spacial score (nSPS) is 13.3. The summed E-state index contributed by atoms with van der Waals surface area (Å²) < 4.78 is 3.85. The largest absolute Gasteiger partial charge is 0.310 e. The first kappa shape index (κ1) is 20.5. The van der Waals surface area contributed by atoms with Crippen molar-refractivity contribution >= 4 is 23.5 Å². The molecule has 32 heavy (non-hydrogen) atoms. The number of aromatic nitrogens is 5. The van der Waals surface area contributed by atoms with Gasteiger partial charge in [0.2, 0.25) is 5.91 Å². The number of rotatable bonds is 8. The Morgan fingerprint density at radius 3 is 2.47 bits per heavy atom. The second-order valence-electron chi connectivity index (χ2n) is 7.73. The number of nitrogens with zero attached hydrogens (tertiary/aromatic N) is 5. The van der Waals surface area contributed by atoms with Gasteiger partial charge in [0.05, 0.1) is 17.1 Å². The van der Waals surface area contributed by atoms with Crippen molar-refractivity contribution in [2.75, 3.05) is 11.1 Å². The molecule has 0 radical (unpaired) electrons. The third-order valence-electron chi connectivity index (χ3n) is 5.39. The van der Waals surface area contributed by atoms with Crippen LogP contribution in [0.15, 0.2) is 71.9 Å². The zero-order valence-electron chi connectivity index (χ0n) is 17.8. The lowest BCUT2D eigenvalue weighted by molar-refractivity contribution is -0.113. The van der Waals surface area contributed by atoms with Crippen LogP contribution in [0.2, 0.25) is 0 Å². The second-order valence-corrected chi connectivity index (χ2v) is 8.67. The van der Waals surface area contributed by atoms with Crippen molar-refractivity contribution in [2.24, 2.45) is 0 Å². The lowest BCUT2D eigenvalue weighted by atomic mass is 10.2. The molecule has 2 aromatic carbocycles. The number of hydrogen-bond donors (Lipinski definition) is 1. The Labute approximate surface area is 190 Å². The van der Waals surface area contributed by atoms with Gasteiger partial charge in [-0.1, -0.05) is 60.3 Å². The van der Waals surface area contributed by atoms with Gasteiger partial charge in [-0.15, -0.1) is 10.2 Å². The molecular weight excluding hydrogens is 420 g/mol. The van der Waals surface area contributed by atoms with E-state index in [2.05, 4.69) is 22.4 Å². The number of hydrogen-bond acceptors (Lipinski definition) is 5. The predicted molar refractivity (Wildman–Crippen MR) is 126 cm³/mol. The lowest BCUT2D eigenvalue weighted by Gasteiger charge is -2.09. The summed E-state index contributed by atoms with van der Waals surface area (Å²) in [7, 11) is 0. The topological polar surface area (TPSA) is 77.6 Å². The molecule has 0 spiro atoms. The van der Waals surface area contributed by atoms with Crippen molar-refractivity contribution in [3.63, 3.8) is 0 Å². The zero-order chi connectivity index (χ0) is 21.9. The van der Waals surface area contributed by atoms with Crippen LogP contribution < -0.4 is 5.32 Å². The Balaban J connectivity index is 1.31. The van der Waals surface area contributed by atoms with Crippen LogP contribution in [-0.4, -0.2) is 36.2 Å². The summed E-state index contributed by atoms with van der Waals surface area (Å²) in [6.07, 6.45) is 2.32. The lowest BCUT2D eigenvalue weighted by Crippen LogP contribution is -2.17. The van der Waals surface area contributed by atoms with E-state index in [0.717, 1.165) is 47.3 Å². The maximum Gasteiger partial charge on any atom is 0.236 e. The Morgan fingerprint density at radius 1 is 1.06 bits per heavy atom. The van der Waals surface area contributed by atoms with Crippen LogP contribution >= 0.6 is 11.8 Å². The highest BCUT2D eigenvalue weighted by atomic mass is 32.2. The smallest absolute Gasteiger partial charge is 0.236 e. The van der Waals surface area contributed by atoms with E-state index in [1.54, 1.807) is 0 Å². The summed E-state index contributed by atoms with van der Waals surface area (Å²) in [5, 5.41) is 17.2. The van der Waals surface area contributed by atoms with E-state index in [1.165, 1.54) is 11.8 Å². The van der Waals surface area contributed by atoms with E-state index in [-0.39, 0.29) is 11.7 Å². The molecule has 0 bridgehead atoms. The van der Waals surface area contributed by atoms with Gasteiger partial charge >= 0.3 is 0 Å². The molecule has 5 rings (SSSR count). The van der Waals surface area contributed by atoms with E-state index >= 15 is 0 Å². The molecule has 162 valence electrons. The van der Waals surface area contributed by atoms with E-state index in [1.807, 2.05) is 76.0 Å². The fraction of sp³-hybridized carbons (Fsp3) is 0.250. The molecule has 1 aliphatic carbocycles. The zero-order valence-corrected chi connectivity index (χ0v) is 18.6. The molecule has 0 saturated heterocycles. The number of carbonyl (C=O) groups is 1. The molecule has 4 aromatic rings. The van der Waals surface area contributed by atoms with Crippen LogP contribution in [0.5, 0.6) is 0 Å². The quantitative estimate of drug-likeness (QED) is 0.397. The first-order valence-electron chi connectivity index (χ1n) is 10.8. The predicted octanol–water partition coefficient (Wildman–Crippen LogP) is 4.76. The van der Waals surface area contributed by atoms with Gasteiger partial charge in [-0.25, -0.2) is 4.68 Å². The molecule has 1 aliphatic rings. The van der Waals surface area contributed by atoms with Gasteiger partial charge in [-0.3, -0.25) is 4.79 Å². The summed E-state index contributed by atoms with van der Waals surface area (Å²) in [6.45, 7) is 2.78. The molecule has 0 unspecified atom stereocenters. The minimum atomic E-state index is -0.0960. The van der Waals surface area contributed by atoms with Crippen molar-refractivity contribution < 1.29 is 4.79 Å². The Hall–Kier alpha value is -3.39. The minimum absolute atomic E-state index is 0.0960. The molecule has 7 nitrogen and oxygen atoms in total. The molecule has 0 atom stereocenters. The maximum atomic E-state index is 12.8. The average molecular weight is 445 g/mol. The van der Waals surface area contributed by atoms with E-state index in [9.17, 15) is 4.79 Å². The summed E-state index contributed by atoms with van der Waals surface area (Å²) in [5.74, 6) is 2.16. The Morgan fingerprint density at radius 2 is 1.78 bits per heavy atom. The van der Waals surface area contributed by atoms with Crippen molar-refractivity contribution in [1.82, 2.24) is 24.5 Å². The summed E-state index contributed by atoms with van der Waals surface area (Å²) in [6, 6.07) is 21.9. The van der Waals surface area contributed by atoms with Gasteiger partial charge in [-0.05, 0) is 31.9 Å². The number of carbonyl (C=O) groups excluding carboxylic acids is 1. The van der Waals surface area contributed by atoms with Gasteiger partial charge in [0.25, 0.3) is 0 Å². The van der Waals surface area contributed by atoms with Crippen LogP contribution in [0, 0.1) is 0 Å². The average Bonchev–Trinajstić information content (AvgIpc) is 3.47. The van der Waals surface area contributed by atoms with Crippen LogP contribution in [0.4, 0.5) is 5.82 Å². The first-order chi connectivity index (χ1) is 15.7. The Kier molecular flexibility index (Phi) is 5.77. The summed E-state index contributed by atoms with van der Waals surface area (Å²) in [5.41, 5.74) is 2.98. The fourth-order valence-electron chi connectivity index (χ4n) is 3.62. The van der Waals surface area contributed by atoms with Gasteiger partial charge in [-0.2, -0.15) is 5.10 Å². The number of benzene rings is 2. The van der Waals surface area contributed by atoms with Gasteiger partial charge in [0, 0.05) is 24.1 Å². The van der Waals surface area contributed by atoms with Crippen molar-refractivity contribution in [1.29, 1.82) is 0 Å². The van der Waals surface area contributed by atoms with Gasteiger partial charge < -0.3 is 9.88 Å². The molecule has 1 saturated carbocycles. The number of amides is 1. The highest BCUT2D eigenvalue weighted by molar-refractivity contribution is 7.99.